The first kappa shape index (κ1) is 17.0. The molecule has 0 aliphatic carbocycles. The fourth-order valence-corrected chi connectivity index (χ4v) is 3.03. The van der Waals surface area contributed by atoms with Gasteiger partial charge < -0.3 is 14.4 Å². The lowest BCUT2D eigenvalue weighted by Crippen LogP contribution is -2.26. The van der Waals surface area contributed by atoms with Gasteiger partial charge in [-0.1, -0.05) is 26.0 Å². The summed E-state index contributed by atoms with van der Waals surface area (Å²) in [4.78, 5) is 23.4. The van der Waals surface area contributed by atoms with Crippen LogP contribution in [0.25, 0.3) is 10.9 Å². The van der Waals surface area contributed by atoms with E-state index in [0.29, 0.717) is 5.52 Å². The molecule has 0 radical (unpaired) electrons. The maximum Gasteiger partial charge on any atom is 0.524 e. The molecule has 1 aromatic heterocycles. The van der Waals surface area contributed by atoms with E-state index in [1.807, 2.05) is 12.3 Å². The number of aromatic amines is 1. The van der Waals surface area contributed by atoms with E-state index in [1.165, 1.54) is 0 Å². The van der Waals surface area contributed by atoms with Crippen LogP contribution in [0.2, 0.25) is 0 Å². The first-order valence-corrected chi connectivity index (χ1v) is 9.04. The number of hydrogen-bond acceptors (Lipinski definition) is 3. The predicted molar refractivity (Wildman–Crippen MR) is 87.1 cm³/mol. The van der Waals surface area contributed by atoms with Crippen LogP contribution in [0.3, 0.4) is 0 Å². The Morgan fingerprint density at radius 3 is 2.68 bits per heavy atom. The molecule has 0 saturated heterocycles. The lowest BCUT2D eigenvalue weighted by atomic mass is 10.1. The van der Waals surface area contributed by atoms with Gasteiger partial charge in [-0.3, -0.25) is 9.79 Å². The number of phosphoric ester groups is 1. The minimum absolute atomic E-state index is 0.179. The van der Waals surface area contributed by atoms with Crippen LogP contribution in [0.15, 0.2) is 24.4 Å². The van der Waals surface area contributed by atoms with Gasteiger partial charge in [0.15, 0.2) is 5.75 Å². The van der Waals surface area contributed by atoms with Gasteiger partial charge in [0.2, 0.25) is 0 Å². The minimum Gasteiger partial charge on any atom is -0.402 e. The molecular formula is C15H23N2O4P. The van der Waals surface area contributed by atoms with Gasteiger partial charge in [0.1, 0.15) is 0 Å². The summed E-state index contributed by atoms with van der Waals surface area (Å²) in [5, 5.41) is 0.943. The largest absolute Gasteiger partial charge is 0.524 e. The van der Waals surface area contributed by atoms with Gasteiger partial charge in [0.05, 0.1) is 5.52 Å². The summed E-state index contributed by atoms with van der Waals surface area (Å²) in [6.45, 7) is 7.37. The van der Waals surface area contributed by atoms with E-state index in [4.69, 9.17) is 14.3 Å². The van der Waals surface area contributed by atoms with Crippen LogP contribution in [0.4, 0.5) is 0 Å². The number of H-pyrrole nitrogens is 1. The fraction of sp³-hybridized carbons (Fsp3) is 0.467. The van der Waals surface area contributed by atoms with E-state index >= 15 is 0 Å². The van der Waals surface area contributed by atoms with Gasteiger partial charge in [-0.2, -0.15) is 0 Å². The van der Waals surface area contributed by atoms with Crippen molar-refractivity contribution >= 4 is 18.7 Å². The molecule has 0 atom stereocenters. The Balaban J connectivity index is 2.19. The van der Waals surface area contributed by atoms with Crippen LogP contribution in [-0.2, 0) is 11.0 Å². The zero-order chi connectivity index (χ0) is 16.2. The van der Waals surface area contributed by atoms with Crippen LogP contribution in [0.1, 0.15) is 25.8 Å². The quantitative estimate of drug-likeness (QED) is 0.649. The van der Waals surface area contributed by atoms with Crippen molar-refractivity contribution in [3.8, 4) is 5.75 Å². The second-order valence-electron chi connectivity index (χ2n) is 5.26. The SMILES string of the molecule is CCCN(CC)CCc1c[nH]c2c(OP(=O)(O)O)cccc12. The molecule has 0 spiro atoms. The van der Waals surface area contributed by atoms with E-state index in [2.05, 4.69) is 23.7 Å². The summed E-state index contributed by atoms with van der Waals surface area (Å²) in [6.07, 6.45) is 3.90. The molecule has 1 aromatic carbocycles. The lowest BCUT2D eigenvalue weighted by molar-refractivity contribution is 0.284. The highest BCUT2D eigenvalue weighted by atomic mass is 31.2. The van der Waals surface area contributed by atoms with Gasteiger partial charge in [0.25, 0.3) is 0 Å². The summed E-state index contributed by atoms with van der Waals surface area (Å²) in [5.41, 5.74) is 1.75. The Kier molecular flexibility index (Phi) is 5.64. The highest BCUT2D eigenvalue weighted by Crippen LogP contribution is 2.40. The molecule has 0 aliphatic heterocycles. The van der Waals surface area contributed by atoms with Crippen molar-refractivity contribution in [2.75, 3.05) is 19.6 Å². The van der Waals surface area contributed by atoms with E-state index in [-0.39, 0.29) is 5.75 Å². The van der Waals surface area contributed by atoms with Crippen LogP contribution < -0.4 is 4.52 Å². The molecule has 1 heterocycles. The van der Waals surface area contributed by atoms with Crippen LogP contribution in [-0.4, -0.2) is 39.3 Å². The Labute approximate surface area is 130 Å². The monoisotopic (exact) mass is 326 g/mol. The fourth-order valence-electron chi connectivity index (χ4n) is 2.62. The highest BCUT2D eigenvalue weighted by molar-refractivity contribution is 7.46. The van der Waals surface area contributed by atoms with Crippen molar-refractivity contribution in [1.29, 1.82) is 0 Å². The predicted octanol–water partition coefficient (Wildman–Crippen LogP) is 2.91. The van der Waals surface area contributed by atoms with E-state index < -0.39 is 7.82 Å². The number of nitrogens with one attached hydrogen (secondary N) is 1. The molecule has 0 amide bonds. The average Bonchev–Trinajstić information content (AvgIpc) is 2.86. The molecule has 6 nitrogen and oxygen atoms in total. The number of phosphoric acid groups is 1. The third-order valence-corrected chi connectivity index (χ3v) is 4.10. The number of para-hydroxylation sites is 1. The number of benzene rings is 1. The van der Waals surface area contributed by atoms with Crippen LogP contribution >= 0.6 is 7.82 Å². The molecule has 122 valence electrons. The third kappa shape index (κ3) is 4.34. The number of likely N-dealkylation sites (N-methyl/N-ethyl adjacent to an activating group) is 1. The molecular weight excluding hydrogens is 303 g/mol. The average molecular weight is 326 g/mol. The standard InChI is InChI=1S/C15H23N2O4P/c1-3-9-17(4-2)10-8-12-11-16-15-13(12)6-5-7-14(15)21-22(18,19)20/h5-7,11,16H,3-4,8-10H2,1-2H3,(H2,18,19,20). The van der Waals surface area contributed by atoms with Crippen molar-refractivity contribution in [3.05, 3.63) is 30.0 Å². The first-order chi connectivity index (χ1) is 10.4. The Bertz CT molecular complexity index is 665. The van der Waals surface area contributed by atoms with Gasteiger partial charge in [-0.15, -0.1) is 0 Å². The van der Waals surface area contributed by atoms with E-state index in [1.54, 1.807) is 12.1 Å². The van der Waals surface area contributed by atoms with Crippen molar-refractivity contribution in [2.45, 2.75) is 26.7 Å². The van der Waals surface area contributed by atoms with Crippen molar-refractivity contribution < 1.29 is 18.9 Å². The molecule has 2 rings (SSSR count). The Morgan fingerprint density at radius 1 is 1.27 bits per heavy atom. The van der Waals surface area contributed by atoms with Crippen molar-refractivity contribution in [3.63, 3.8) is 0 Å². The molecule has 0 saturated carbocycles. The highest BCUT2D eigenvalue weighted by Gasteiger charge is 2.19. The molecule has 22 heavy (non-hydrogen) atoms. The molecule has 0 bridgehead atoms. The normalized spacial score (nSPS) is 12.2. The third-order valence-electron chi connectivity index (χ3n) is 3.66. The molecule has 0 unspecified atom stereocenters. The summed E-state index contributed by atoms with van der Waals surface area (Å²) in [6, 6.07) is 5.23. The van der Waals surface area contributed by atoms with Crippen LogP contribution in [0.5, 0.6) is 5.75 Å². The van der Waals surface area contributed by atoms with E-state index in [9.17, 15) is 4.57 Å². The van der Waals surface area contributed by atoms with Crippen molar-refractivity contribution in [1.82, 2.24) is 9.88 Å². The minimum atomic E-state index is -4.56. The Morgan fingerprint density at radius 2 is 2.05 bits per heavy atom. The topological polar surface area (TPSA) is 85.8 Å². The van der Waals surface area contributed by atoms with Gasteiger partial charge in [-0.25, -0.2) is 4.57 Å². The second-order valence-corrected chi connectivity index (χ2v) is 6.42. The van der Waals surface area contributed by atoms with Crippen LogP contribution in [0, 0.1) is 0 Å². The lowest BCUT2D eigenvalue weighted by Gasteiger charge is -2.19. The molecule has 7 heteroatoms. The zero-order valence-electron chi connectivity index (χ0n) is 13.0. The summed E-state index contributed by atoms with van der Waals surface area (Å²) in [7, 11) is -4.56. The molecule has 2 aromatic rings. The number of nitrogens with zero attached hydrogens (tertiary/aromatic N) is 1. The smallest absolute Gasteiger partial charge is 0.402 e. The van der Waals surface area contributed by atoms with Gasteiger partial charge >= 0.3 is 7.82 Å². The second kappa shape index (κ2) is 7.29. The van der Waals surface area contributed by atoms with Gasteiger partial charge in [0, 0.05) is 18.1 Å². The van der Waals surface area contributed by atoms with Gasteiger partial charge in [-0.05, 0) is 37.6 Å². The maximum atomic E-state index is 11.0. The molecule has 3 N–H and O–H groups in total. The number of rotatable bonds is 8. The maximum absolute atomic E-state index is 11.0. The zero-order valence-corrected chi connectivity index (χ0v) is 13.8. The summed E-state index contributed by atoms with van der Waals surface area (Å²) in [5.74, 6) is 0.179. The first-order valence-electron chi connectivity index (χ1n) is 7.51. The number of hydrogen-bond donors (Lipinski definition) is 3. The molecule has 0 aliphatic rings. The number of aromatic nitrogens is 1. The van der Waals surface area contributed by atoms with E-state index in [0.717, 1.165) is 43.4 Å². The summed E-state index contributed by atoms with van der Waals surface area (Å²) >= 11 is 0. The molecule has 0 fully saturated rings. The Hall–Kier alpha value is -1.33. The number of fused-ring (bicyclic) bond motifs is 1. The van der Waals surface area contributed by atoms with Crippen molar-refractivity contribution in [2.24, 2.45) is 0 Å². The summed E-state index contributed by atoms with van der Waals surface area (Å²) < 4.78 is 15.8.